The summed E-state index contributed by atoms with van der Waals surface area (Å²) >= 11 is 6.18. The number of hydrogen-bond acceptors (Lipinski definition) is 6. The summed E-state index contributed by atoms with van der Waals surface area (Å²) in [6.45, 7) is 12.2. The SMILES string of the molecule is CC(C)(C)OC(=O)NCCCN(CCOc1ccc2c(Cl)ccnc2c1)C(=O)OC(C)(C)C. The number of nitrogens with zero attached hydrogens (tertiary/aromatic N) is 2. The molecule has 0 aliphatic carbocycles. The number of hydrogen-bond donors (Lipinski definition) is 1. The van der Waals surface area contributed by atoms with E-state index in [1.165, 1.54) is 0 Å². The van der Waals surface area contributed by atoms with Crippen LogP contribution < -0.4 is 10.1 Å². The van der Waals surface area contributed by atoms with Crippen LogP contribution in [-0.2, 0) is 9.47 Å². The van der Waals surface area contributed by atoms with Crippen molar-refractivity contribution in [2.75, 3.05) is 26.2 Å². The summed E-state index contributed by atoms with van der Waals surface area (Å²) in [5.41, 5.74) is -0.445. The largest absolute Gasteiger partial charge is 0.492 e. The van der Waals surface area contributed by atoms with Crippen LogP contribution in [0.1, 0.15) is 48.0 Å². The second-order valence-corrected chi connectivity index (χ2v) is 9.98. The van der Waals surface area contributed by atoms with Crippen molar-refractivity contribution in [1.82, 2.24) is 15.2 Å². The first-order chi connectivity index (χ1) is 15.3. The predicted molar refractivity (Wildman–Crippen MR) is 129 cm³/mol. The minimum atomic E-state index is -0.617. The zero-order chi connectivity index (χ0) is 24.6. The summed E-state index contributed by atoms with van der Waals surface area (Å²) < 4.78 is 16.6. The van der Waals surface area contributed by atoms with Gasteiger partial charge in [0.2, 0.25) is 0 Å². The quantitative estimate of drug-likeness (QED) is 0.508. The molecule has 2 rings (SSSR count). The molecule has 0 spiro atoms. The van der Waals surface area contributed by atoms with Gasteiger partial charge in [0.25, 0.3) is 0 Å². The highest BCUT2D eigenvalue weighted by atomic mass is 35.5. The van der Waals surface area contributed by atoms with E-state index < -0.39 is 23.4 Å². The molecule has 1 heterocycles. The first-order valence-corrected chi connectivity index (χ1v) is 11.3. The Morgan fingerprint density at radius 1 is 1.03 bits per heavy atom. The van der Waals surface area contributed by atoms with Crippen LogP contribution in [0.2, 0.25) is 5.02 Å². The van der Waals surface area contributed by atoms with Crippen molar-refractivity contribution in [2.45, 2.75) is 59.2 Å². The molecule has 0 radical (unpaired) electrons. The van der Waals surface area contributed by atoms with Crippen molar-refractivity contribution in [2.24, 2.45) is 0 Å². The monoisotopic (exact) mass is 479 g/mol. The Kier molecular flexibility index (Phi) is 9.16. The van der Waals surface area contributed by atoms with Crippen LogP contribution in [0, 0.1) is 0 Å². The number of carbonyl (C=O) groups is 2. The van der Waals surface area contributed by atoms with Gasteiger partial charge < -0.3 is 24.4 Å². The van der Waals surface area contributed by atoms with Gasteiger partial charge in [-0.25, -0.2) is 9.59 Å². The number of carbonyl (C=O) groups excluding carboxylic acids is 2. The minimum absolute atomic E-state index is 0.269. The first-order valence-electron chi connectivity index (χ1n) is 11.0. The molecule has 1 aromatic carbocycles. The van der Waals surface area contributed by atoms with Gasteiger partial charge in [-0.05, 0) is 66.2 Å². The van der Waals surface area contributed by atoms with Gasteiger partial charge in [-0.1, -0.05) is 11.6 Å². The van der Waals surface area contributed by atoms with Gasteiger partial charge in [0.1, 0.15) is 23.6 Å². The van der Waals surface area contributed by atoms with E-state index in [1.807, 2.05) is 39.0 Å². The molecule has 2 amide bonds. The molecule has 0 aliphatic heterocycles. The third-order valence-electron chi connectivity index (χ3n) is 4.22. The van der Waals surface area contributed by atoms with E-state index in [4.69, 9.17) is 25.8 Å². The van der Waals surface area contributed by atoms with E-state index in [0.717, 1.165) is 10.9 Å². The lowest BCUT2D eigenvalue weighted by Gasteiger charge is -2.27. The van der Waals surface area contributed by atoms with Crippen LogP contribution in [0.4, 0.5) is 9.59 Å². The predicted octanol–water partition coefficient (Wildman–Crippen LogP) is 5.42. The maximum Gasteiger partial charge on any atom is 0.410 e. The molecule has 0 aliphatic rings. The molecule has 0 fully saturated rings. The van der Waals surface area contributed by atoms with Crippen molar-refractivity contribution < 1.29 is 23.8 Å². The average Bonchev–Trinajstić information content (AvgIpc) is 2.67. The molecule has 0 bridgehead atoms. The molecule has 0 saturated carbocycles. The summed E-state index contributed by atoms with van der Waals surface area (Å²) in [7, 11) is 0. The summed E-state index contributed by atoms with van der Waals surface area (Å²) in [5, 5.41) is 4.17. The van der Waals surface area contributed by atoms with E-state index in [0.29, 0.717) is 36.8 Å². The molecule has 8 nitrogen and oxygen atoms in total. The van der Waals surface area contributed by atoms with Crippen LogP contribution in [0.25, 0.3) is 10.9 Å². The number of rotatable bonds is 8. The molecule has 0 unspecified atom stereocenters. The molecule has 33 heavy (non-hydrogen) atoms. The lowest BCUT2D eigenvalue weighted by atomic mass is 10.2. The zero-order valence-electron chi connectivity index (χ0n) is 20.2. The van der Waals surface area contributed by atoms with Crippen LogP contribution in [0.3, 0.4) is 0 Å². The highest BCUT2D eigenvalue weighted by Gasteiger charge is 2.22. The molecule has 0 saturated heterocycles. The standard InChI is InChI=1S/C24H34ClN3O5/c1-23(2,3)32-21(29)27-11-7-13-28(22(30)33-24(4,5)6)14-15-31-17-8-9-18-19(25)10-12-26-20(18)16-17/h8-10,12,16H,7,11,13-15H2,1-6H3,(H,27,29). The summed E-state index contributed by atoms with van der Waals surface area (Å²) in [4.78, 5) is 30.3. The van der Waals surface area contributed by atoms with Crippen LogP contribution in [0.15, 0.2) is 30.5 Å². The maximum atomic E-state index is 12.6. The Bertz CT molecular complexity index is 953. The normalized spacial score (nSPS) is 11.7. The van der Waals surface area contributed by atoms with Gasteiger partial charge in [0, 0.05) is 30.7 Å². The fraction of sp³-hybridized carbons (Fsp3) is 0.542. The van der Waals surface area contributed by atoms with E-state index in [2.05, 4.69) is 10.3 Å². The zero-order valence-corrected chi connectivity index (χ0v) is 21.0. The molecule has 1 N–H and O–H groups in total. The fourth-order valence-electron chi connectivity index (χ4n) is 2.85. The number of amides is 2. The van der Waals surface area contributed by atoms with Gasteiger partial charge in [-0.3, -0.25) is 4.98 Å². The Morgan fingerprint density at radius 3 is 2.39 bits per heavy atom. The number of nitrogens with one attached hydrogen (secondary N) is 1. The second kappa shape index (κ2) is 11.4. The summed E-state index contributed by atoms with van der Waals surface area (Å²) in [6, 6.07) is 7.22. The number of pyridine rings is 1. The van der Waals surface area contributed by atoms with Gasteiger partial charge in [0.05, 0.1) is 17.1 Å². The third kappa shape index (κ3) is 9.74. The van der Waals surface area contributed by atoms with Gasteiger partial charge in [0.15, 0.2) is 0 Å². The van der Waals surface area contributed by atoms with E-state index in [-0.39, 0.29) is 6.61 Å². The number of aromatic nitrogens is 1. The van der Waals surface area contributed by atoms with E-state index in [1.54, 1.807) is 37.9 Å². The number of ether oxygens (including phenoxy) is 3. The Labute approximate surface area is 200 Å². The van der Waals surface area contributed by atoms with Crippen molar-refractivity contribution in [3.8, 4) is 5.75 Å². The van der Waals surface area contributed by atoms with E-state index >= 15 is 0 Å². The van der Waals surface area contributed by atoms with Crippen molar-refractivity contribution >= 4 is 34.7 Å². The topological polar surface area (TPSA) is 90.0 Å². The molecule has 1 aromatic heterocycles. The molecular formula is C24H34ClN3O5. The first kappa shape index (κ1) is 26.5. The molecule has 2 aromatic rings. The van der Waals surface area contributed by atoms with Gasteiger partial charge in [-0.15, -0.1) is 0 Å². The number of fused-ring (bicyclic) bond motifs is 1. The Hall–Kier alpha value is -2.74. The van der Waals surface area contributed by atoms with Crippen LogP contribution >= 0.6 is 11.6 Å². The average molecular weight is 480 g/mol. The van der Waals surface area contributed by atoms with Crippen molar-refractivity contribution in [3.63, 3.8) is 0 Å². The lowest BCUT2D eigenvalue weighted by Crippen LogP contribution is -2.41. The Morgan fingerprint density at radius 2 is 1.73 bits per heavy atom. The third-order valence-corrected chi connectivity index (χ3v) is 4.55. The van der Waals surface area contributed by atoms with Gasteiger partial charge >= 0.3 is 12.2 Å². The smallest absolute Gasteiger partial charge is 0.410 e. The minimum Gasteiger partial charge on any atom is -0.492 e. The summed E-state index contributed by atoms with van der Waals surface area (Å²) in [5.74, 6) is 0.632. The number of halogens is 1. The lowest BCUT2D eigenvalue weighted by molar-refractivity contribution is 0.0224. The second-order valence-electron chi connectivity index (χ2n) is 9.57. The van der Waals surface area contributed by atoms with E-state index in [9.17, 15) is 9.59 Å². The summed E-state index contributed by atoms with van der Waals surface area (Å²) in [6.07, 6.45) is 1.26. The maximum absolute atomic E-state index is 12.6. The Balaban J connectivity index is 1.91. The van der Waals surface area contributed by atoms with Crippen LogP contribution in [0.5, 0.6) is 5.75 Å². The molecule has 0 atom stereocenters. The molecule has 182 valence electrons. The number of benzene rings is 1. The van der Waals surface area contributed by atoms with Crippen molar-refractivity contribution in [3.05, 3.63) is 35.5 Å². The molecular weight excluding hydrogens is 446 g/mol. The fourth-order valence-corrected chi connectivity index (χ4v) is 3.07. The number of alkyl carbamates (subject to hydrolysis) is 1. The van der Waals surface area contributed by atoms with Crippen molar-refractivity contribution in [1.29, 1.82) is 0 Å². The highest BCUT2D eigenvalue weighted by Crippen LogP contribution is 2.25. The van der Waals surface area contributed by atoms with Gasteiger partial charge in [-0.2, -0.15) is 0 Å². The highest BCUT2D eigenvalue weighted by molar-refractivity contribution is 6.35. The molecule has 9 heteroatoms. The van der Waals surface area contributed by atoms with Crippen LogP contribution in [-0.4, -0.2) is 59.5 Å².